The Bertz CT molecular complexity index is 286. The van der Waals surface area contributed by atoms with Crippen LogP contribution in [0.25, 0.3) is 0 Å². The van der Waals surface area contributed by atoms with Gasteiger partial charge >= 0.3 is 0 Å². The van der Waals surface area contributed by atoms with Gasteiger partial charge in [-0.05, 0) is 31.6 Å². The van der Waals surface area contributed by atoms with E-state index in [-0.39, 0.29) is 16.9 Å². The van der Waals surface area contributed by atoms with Crippen LogP contribution in [0.5, 0.6) is 0 Å². The second-order valence-corrected chi connectivity index (χ2v) is 7.56. The van der Waals surface area contributed by atoms with Crippen molar-refractivity contribution in [3.8, 4) is 0 Å². The van der Waals surface area contributed by atoms with E-state index in [0.717, 1.165) is 36.3 Å². The van der Waals surface area contributed by atoms with E-state index < -0.39 is 0 Å². The van der Waals surface area contributed by atoms with Crippen LogP contribution in [0.2, 0.25) is 0 Å². The molecule has 2 nitrogen and oxygen atoms in total. The van der Waals surface area contributed by atoms with Gasteiger partial charge in [-0.2, -0.15) is 0 Å². The lowest BCUT2D eigenvalue weighted by molar-refractivity contribution is -0.133. The fourth-order valence-electron chi connectivity index (χ4n) is 3.11. The van der Waals surface area contributed by atoms with Gasteiger partial charge in [0.15, 0.2) is 0 Å². The van der Waals surface area contributed by atoms with Crippen molar-refractivity contribution in [2.75, 3.05) is 10.7 Å². The van der Waals surface area contributed by atoms with E-state index in [2.05, 4.69) is 57.9 Å². The summed E-state index contributed by atoms with van der Waals surface area (Å²) in [5.74, 6) is 0.854. The predicted molar refractivity (Wildman–Crippen MR) is 89.1 cm³/mol. The van der Waals surface area contributed by atoms with Crippen LogP contribution in [0, 0.1) is 11.3 Å². The Labute approximate surface area is 134 Å². The molecule has 0 atom stereocenters. The first-order chi connectivity index (χ1) is 8.93. The summed E-state index contributed by atoms with van der Waals surface area (Å²) in [6.45, 7) is 6.57. The molecule has 1 saturated carbocycles. The number of rotatable bonds is 7. The predicted octanol–water partition coefficient (Wildman–Crippen LogP) is 4.65. The number of carbonyl (C=O) groups is 1. The van der Waals surface area contributed by atoms with Crippen LogP contribution in [0.15, 0.2) is 0 Å². The zero-order chi connectivity index (χ0) is 14.5. The number of carbonyl (C=O) groups excluding carboxylic acids is 1. The SMILES string of the molecule is CCC(CBr)(CBr)NC(=O)C1(CC(C)C)CCCC1. The summed E-state index contributed by atoms with van der Waals surface area (Å²) in [7, 11) is 0. The van der Waals surface area contributed by atoms with Gasteiger partial charge in [-0.15, -0.1) is 0 Å². The third-order valence-electron chi connectivity index (χ3n) is 4.41. The molecule has 1 fully saturated rings. The first-order valence-electron chi connectivity index (χ1n) is 7.38. The molecule has 0 aromatic rings. The van der Waals surface area contributed by atoms with Gasteiger partial charge in [-0.3, -0.25) is 4.79 Å². The van der Waals surface area contributed by atoms with E-state index in [1.54, 1.807) is 0 Å². The first-order valence-corrected chi connectivity index (χ1v) is 9.62. The summed E-state index contributed by atoms with van der Waals surface area (Å²) in [6.07, 6.45) is 6.46. The maximum absolute atomic E-state index is 12.8. The topological polar surface area (TPSA) is 29.1 Å². The molecule has 0 aliphatic heterocycles. The maximum Gasteiger partial charge on any atom is 0.226 e. The summed E-state index contributed by atoms with van der Waals surface area (Å²) < 4.78 is 0. The number of halogens is 2. The minimum Gasteiger partial charge on any atom is -0.349 e. The Morgan fingerprint density at radius 1 is 1.26 bits per heavy atom. The first kappa shape index (κ1) is 17.5. The van der Waals surface area contributed by atoms with Gasteiger partial charge in [0.2, 0.25) is 5.91 Å². The number of nitrogens with one attached hydrogen (secondary N) is 1. The van der Waals surface area contributed by atoms with E-state index >= 15 is 0 Å². The summed E-state index contributed by atoms with van der Waals surface area (Å²) in [5.41, 5.74) is -0.261. The van der Waals surface area contributed by atoms with E-state index in [1.165, 1.54) is 12.8 Å². The van der Waals surface area contributed by atoms with E-state index in [1.807, 2.05) is 0 Å². The molecule has 112 valence electrons. The molecule has 1 amide bonds. The second kappa shape index (κ2) is 7.44. The molecule has 19 heavy (non-hydrogen) atoms. The summed E-state index contributed by atoms with van der Waals surface area (Å²) in [5, 5.41) is 4.93. The highest BCUT2D eigenvalue weighted by molar-refractivity contribution is 9.09. The van der Waals surface area contributed by atoms with Crippen LogP contribution < -0.4 is 5.32 Å². The highest BCUT2D eigenvalue weighted by Crippen LogP contribution is 2.43. The monoisotopic (exact) mass is 395 g/mol. The molecular weight excluding hydrogens is 370 g/mol. The molecule has 1 N–H and O–H groups in total. The Kier molecular flexibility index (Phi) is 6.85. The fourth-order valence-corrected chi connectivity index (χ4v) is 5.11. The highest BCUT2D eigenvalue weighted by atomic mass is 79.9. The number of amides is 1. The fraction of sp³-hybridized carbons (Fsp3) is 0.933. The van der Waals surface area contributed by atoms with Gasteiger partial charge in [0.05, 0.1) is 5.54 Å². The number of hydrogen-bond donors (Lipinski definition) is 1. The number of alkyl halides is 2. The Morgan fingerprint density at radius 3 is 2.16 bits per heavy atom. The molecular formula is C15H27Br2NO. The van der Waals surface area contributed by atoms with Gasteiger partial charge in [0.25, 0.3) is 0 Å². The molecule has 0 bridgehead atoms. The van der Waals surface area contributed by atoms with Crippen LogP contribution in [0.4, 0.5) is 0 Å². The van der Waals surface area contributed by atoms with Crippen molar-refractivity contribution in [3.63, 3.8) is 0 Å². The molecule has 0 aromatic heterocycles. The van der Waals surface area contributed by atoms with Gasteiger partial charge in [-0.25, -0.2) is 0 Å². The molecule has 0 unspecified atom stereocenters. The third-order valence-corrected chi connectivity index (χ3v) is 6.56. The quantitative estimate of drug-likeness (QED) is 0.623. The lowest BCUT2D eigenvalue weighted by atomic mass is 9.77. The van der Waals surface area contributed by atoms with Crippen molar-refractivity contribution in [1.82, 2.24) is 5.32 Å². The van der Waals surface area contributed by atoms with Crippen molar-refractivity contribution in [3.05, 3.63) is 0 Å². The molecule has 1 rings (SSSR count). The minimum atomic E-state index is -0.149. The Balaban J connectivity index is 2.83. The van der Waals surface area contributed by atoms with E-state index in [9.17, 15) is 4.79 Å². The van der Waals surface area contributed by atoms with Crippen LogP contribution >= 0.6 is 31.9 Å². The zero-order valence-corrected chi connectivity index (χ0v) is 15.6. The summed E-state index contributed by atoms with van der Waals surface area (Å²) in [6, 6.07) is 0. The van der Waals surface area contributed by atoms with Gasteiger partial charge in [0.1, 0.15) is 0 Å². The Morgan fingerprint density at radius 2 is 1.79 bits per heavy atom. The van der Waals surface area contributed by atoms with E-state index in [4.69, 9.17) is 0 Å². The summed E-state index contributed by atoms with van der Waals surface area (Å²) >= 11 is 7.11. The third kappa shape index (κ3) is 4.20. The molecule has 1 aliphatic carbocycles. The minimum absolute atomic E-state index is 0.112. The standard InChI is InChI=1S/C15H27Br2NO/c1-4-15(10-16,11-17)18-13(19)14(9-12(2)3)7-5-6-8-14/h12H,4-11H2,1-3H3,(H,18,19). The van der Waals surface area contributed by atoms with Crippen LogP contribution in [-0.2, 0) is 4.79 Å². The molecule has 0 radical (unpaired) electrons. The van der Waals surface area contributed by atoms with Crippen molar-refractivity contribution in [2.45, 2.75) is 64.8 Å². The average Bonchev–Trinajstić information content (AvgIpc) is 2.85. The van der Waals surface area contributed by atoms with Crippen LogP contribution in [0.1, 0.15) is 59.3 Å². The van der Waals surface area contributed by atoms with Crippen molar-refractivity contribution in [1.29, 1.82) is 0 Å². The molecule has 0 aromatic carbocycles. The Hall–Kier alpha value is 0.430. The number of hydrogen-bond acceptors (Lipinski definition) is 1. The maximum atomic E-state index is 12.8. The van der Waals surface area contributed by atoms with Gasteiger partial charge in [-0.1, -0.05) is 65.5 Å². The second-order valence-electron chi connectivity index (χ2n) is 6.44. The van der Waals surface area contributed by atoms with Crippen molar-refractivity contribution in [2.24, 2.45) is 11.3 Å². The highest BCUT2D eigenvalue weighted by Gasteiger charge is 2.43. The molecule has 0 saturated heterocycles. The van der Waals surface area contributed by atoms with Crippen LogP contribution in [0.3, 0.4) is 0 Å². The summed E-state index contributed by atoms with van der Waals surface area (Å²) in [4.78, 5) is 12.8. The largest absolute Gasteiger partial charge is 0.349 e. The van der Waals surface area contributed by atoms with Gasteiger partial charge < -0.3 is 5.32 Å². The zero-order valence-electron chi connectivity index (χ0n) is 12.4. The molecule has 0 spiro atoms. The smallest absolute Gasteiger partial charge is 0.226 e. The lowest BCUT2D eigenvalue weighted by Crippen LogP contribution is -2.55. The molecule has 1 aliphatic rings. The molecule has 4 heteroatoms. The molecule has 0 heterocycles. The normalized spacial score (nSPS) is 18.8. The average molecular weight is 397 g/mol. The van der Waals surface area contributed by atoms with Crippen molar-refractivity contribution >= 4 is 37.8 Å². The lowest BCUT2D eigenvalue weighted by Gasteiger charge is -2.37. The van der Waals surface area contributed by atoms with E-state index in [0.29, 0.717) is 5.92 Å². The van der Waals surface area contributed by atoms with Gasteiger partial charge in [0, 0.05) is 16.1 Å². The van der Waals surface area contributed by atoms with Crippen LogP contribution in [-0.4, -0.2) is 22.1 Å². The van der Waals surface area contributed by atoms with Crippen molar-refractivity contribution < 1.29 is 4.79 Å².